The second-order valence-electron chi connectivity index (χ2n) is 10.8. The maximum Gasteiger partial charge on any atom is 0.250 e. The Labute approximate surface area is 241 Å². The van der Waals surface area contributed by atoms with Crippen molar-refractivity contribution in [3.05, 3.63) is 90.3 Å². The predicted octanol–water partition coefficient (Wildman–Crippen LogP) is 4.36. The number of amides is 2. The summed E-state index contributed by atoms with van der Waals surface area (Å²) in [6.45, 7) is 0.991. The van der Waals surface area contributed by atoms with Gasteiger partial charge in [-0.2, -0.15) is 0 Å². The van der Waals surface area contributed by atoms with Crippen LogP contribution in [0.25, 0.3) is 0 Å². The SMILES string of the molecule is CN(C)c1ccc(NC(=O)C2(N(Cc3cccnc3)C(=O)CN3C[C@H](c4ccccc4)NC3=S)CCCC2)cc1. The number of anilines is 2. The molecule has 208 valence electrons. The summed E-state index contributed by atoms with van der Waals surface area (Å²) in [6, 6.07) is 21.7. The van der Waals surface area contributed by atoms with Gasteiger partial charge in [-0.05, 0) is 66.5 Å². The lowest BCUT2D eigenvalue weighted by molar-refractivity contribution is -0.146. The van der Waals surface area contributed by atoms with Crippen molar-refractivity contribution < 1.29 is 9.59 Å². The molecule has 2 fully saturated rings. The van der Waals surface area contributed by atoms with Crippen LogP contribution in [-0.2, 0) is 16.1 Å². The highest BCUT2D eigenvalue weighted by molar-refractivity contribution is 7.80. The Kier molecular flexibility index (Phi) is 8.30. The molecule has 2 N–H and O–H groups in total. The van der Waals surface area contributed by atoms with Crippen molar-refractivity contribution >= 4 is 40.5 Å². The van der Waals surface area contributed by atoms with E-state index in [1.54, 1.807) is 17.3 Å². The molecule has 0 bridgehead atoms. The average Bonchev–Trinajstić information content (AvgIpc) is 3.61. The Morgan fingerprint density at radius 2 is 1.77 bits per heavy atom. The van der Waals surface area contributed by atoms with E-state index in [0.717, 1.165) is 29.7 Å². The Morgan fingerprint density at radius 1 is 1.05 bits per heavy atom. The van der Waals surface area contributed by atoms with Crippen LogP contribution in [-0.4, -0.2) is 64.4 Å². The summed E-state index contributed by atoms with van der Waals surface area (Å²) in [4.78, 5) is 38.2. The van der Waals surface area contributed by atoms with E-state index >= 15 is 0 Å². The van der Waals surface area contributed by atoms with Gasteiger partial charge < -0.3 is 25.3 Å². The van der Waals surface area contributed by atoms with Crippen molar-refractivity contribution in [3.8, 4) is 0 Å². The van der Waals surface area contributed by atoms with Crippen LogP contribution in [0.4, 0.5) is 11.4 Å². The molecule has 0 spiro atoms. The first kappa shape index (κ1) is 27.6. The number of carbonyl (C=O) groups is 2. The normalized spacial score (nSPS) is 17.8. The maximum atomic E-state index is 14.2. The Morgan fingerprint density at radius 3 is 2.42 bits per heavy atom. The first-order valence-electron chi connectivity index (χ1n) is 13.7. The number of hydrogen-bond acceptors (Lipinski definition) is 5. The molecule has 1 aliphatic carbocycles. The summed E-state index contributed by atoms with van der Waals surface area (Å²) in [5.41, 5.74) is 2.81. The van der Waals surface area contributed by atoms with Gasteiger partial charge in [-0.25, -0.2) is 0 Å². The minimum atomic E-state index is -0.958. The van der Waals surface area contributed by atoms with Gasteiger partial charge in [0.05, 0.1) is 12.6 Å². The first-order chi connectivity index (χ1) is 19.4. The molecule has 8 nitrogen and oxygen atoms in total. The molecule has 1 aromatic heterocycles. The van der Waals surface area contributed by atoms with E-state index in [1.165, 1.54) is 0 Å². The highest BCUT2D eigenvalue weighted by atomic mass is 32.1. The van der Waals surface area contributed by atoms with Crippen molar-refractivity contribution in [2.75, 3.05) is 37.4 Å². The van der Waals surface area contributed by atoms with Gasteiger partial charge in [0.25, 0.3) is 0 Å². The van der Waals surface area contributed by atoms with Crippen LogP contribution in [0.15, 0.2) is 79.1 Å². The zero-order valence-corrected chi connectivity index (χ0v) is 23.9. The van der Waals surface area contributed by atoms with Crippen molar-refractivity contribution in [2.45, 2.75) is 43.8 Å². The summed E-state index contributed by atoms with van der Waals surface area (Å²) >= 11 is 5.63. The van der Waals surface area contributed by atoms with Gasteiger partial charge in [-0.1, -0.05) is 49.2 Å². The Balaban J connectivity index is 1.39. The number of rotatable bonds is 9. The van der Waals surface area contributed by atoms with Crippen LogP contribution in [0.5, 0.6) is 0 Å². The molecular formula is C31H36N6O2S. The minimum absolute atomic E-state index is 0.0159. The Hall–Kier alpha value is -3.98. The molecule has 40 heavy (non-hydrogen) atoms. The number of aromatic nitrogens is 1. The fraction of sp³-hybridized carbons (Fsp3) is 0.355. The van der Waals surface area contributed by atoms with Gasteiger partial charge in [0, 0.05) is 51.0 Å². The second-order valence-corrected chi connectivity index (χ2v) is 11.2. The van der Waals surface area contributed by atoms with Gasteiger partial charge >= 0.3 is 0 Å². The number of carbonyl (C=O) groups excluding carboxylic acids is 2. The molecule has 0 unspecified atom stereocenters. The number of pyridine rings is 1. The van der Waals surface area contributed by atoms with E-state index in [9.17, 15) is 9.59 Å². The minimum Gasteiger partial charge on any atom is -0.378 e. The predicted molar refractivity (Wildman–Crippen MR) is 162 cm³/mol. The lowest BCUT2D eigenvalue weighted by Crippen LogP contribution is -2.59. The Bertz CT molecular complexity index is 1330. The average molecular weight is 557 g/mol. The van der Waals surface area contributed by atoms with Gasteiger partial charge in [-0.3, -0.25) is 14.6 Å². The van der Waals surface area contributed by atoms with Crippen molar-refractivity contribution in [1.29, 1.82) is 0 Å². The summed E-state index contributed by atoms with van der Waals surface area (Å²) in [6.07, 6.45) is 6.44. The monoisotopic (exact) mass is 556 g/mol. The van der Waals surface area contributed by atoms with Crippen LogP contribution in [0.2, 0.25) is 0 Å². The van der Waals surface area contributed by atoms with Gasteiger partial charge in [-0.15, -0.1) is 0 Å². The molecule has 1 saturated carbocycles. The topological polar surface area (TPSA) is 80.8 Å². The quantitative estimate of drug-likeness (QED) is 0.379. The molecule has 2 aromatic carbocycles. The molecule has 5 rings (SSSR count). The molecule has 1 saturated heterocycles. The molecule has 1 atom stereocenters. The molecule has 3 aromatic rings. The molecule has 2 amide bonds. The molecular weight excluding hydrogens is 520 g/mol. The van der Waals surface area contributed by atoms with Crippen LogP contribution < -0.4 is 15.5 Å². The van der Waals surface area contributed by atoms with Gasteiger partial charge in [0.2, 0.25) is 11.8 Å². The third-order valence-corrected chi connectivity index (χ3v) is 8.27. The van der Waals surface area contributed by atoms with E-state index in [2.05, 4.69) is 27.8 Å². The largest absolute Gasteiger partial charge is 0.378 e. The summed E-state index contributed by atoms with van der Waals surface area (Å²) in [7, 11) is 3.96. The van der Waals surface area contributed by atoms with E-state index < -0.39 is 5.54 Å². The lowest BCUT2D eigenvalue weighted by atomic mass is 9.92. The molecule has 9 heteroatoms. The van der Waals surface area contributed by atoms with E-state index in [1.807, 2.05) is 78.5 Å². The van der Waals surface area contributed by atoms with Crippen LogP contribution in [0.3, 0.4) is 0 Å². The van der Waals surface area contributed by atoms with Gasteiger partial charge in [0.1, 0.15) is 5.54 Å². The van der Waals surface area contributed by atoms with Gasteiger partial charge in [0.15, 0.2) is 5.11 Å². The number of nitrogens with one attached hydrogen (secondary N) is 2. The van der Waals surface area contributed by atoms with Crippen LogP contribution in [0.1, 0.15) is 42.9 Å². The van der Waals surface area contributed by atoms with Crippen LogP contribution in [0, 0.1) is 0 Å². The first-order valence-corrected chi connectivity index (χ1v) is 14.2. The van der Waals surface area contributed by atoms with E-state index in [4.69, 9.17) is 12.2 Å². The fourth-order valence-electron chi connectivity index (χ4n) is 5.67. The number of nitrogens with zero attached hydrogens (tertiary/aromatic N) is 4. The highest BCUT2D eigenvalue weighted by Crippen LogP contribution is 2.38. The third kappa shape index (κ3) is 5.94. The van der Waals surface area contributed by atoms with E-state index in [-0.39, 0.29) is 24.4 Å². The number of benzene rings is 2. The summed E-state index contributed by atoms with van der Waals surface area (Å²) < 4.78 is 0. The fourth-order valence-corrected chi connectivity index (χ4v) is 5.95. The third-order valence-electron chi connectivity index (χ3n) is 7.89. The summed E-state index contributed by atoms with van der Waals surface area (Å²) in [5, 5.41) is 7.03. The molecule has 2 heterocycles. The summed E-state index contributed by atoms with van der Waals surface area (Å²) in [5.74, 6) is -0.272. The van der Waals surface area contributed by atoms with Crippen molar-refractivity contribution in [1.82, 2.24) is 20.1 Å². The van der Waals surface area contributed by atoms with Crippen molar-refractivity contribution in [2.24, 2.45) is 0 Å². The smallest absolute Gasteiger partial charge is 0.250 e. The lowest BCUT2D eigenvalue weighted by Gasteiger charge is -2.41. The zero-order chi connectivity index (χ0) is 28.1. The highest BCUT2D eigenvalue weighted by Gasteiger charge is 2.49. The zero-order valence-electron chi connectivity index (χ0n) is 23.0. The van der Waals surface area contributed by atoms with Crippen molar-refractivity contribution in [3.63, 3.8) is 0 Å². The second kappa shape index (κ2) is 12.0. The number of thiocarbonyl (C=S) groups is 1. The van der Waals surface area contributed by atoms with Crippen LogP contribution >= 0.6 is 12.2 Å². The molecule has 1 aliphatic heterocycles. The standard InChI is InChI=1S/C31H36N6O2S/c1-35(2)26-14-12-25(13-15-26)33-29(39)31(16-6-7-17-31)37(20-23-9-8-18-32-19-23)28(38)22-36-21-27(34-30(36)40)24-10-4-3-5-11-24/h3-5,8-15,18-19,27H,6-7,16-17,20-22H2,1-2H3,(H,33,39)(H,34,40)/t27-/m1/s1. The molecule has 2 aliphatic rings. The maximum absolute atomic E-state index is 14.2. The number of hydrogen-bond donors (Lipinski definition) is 2. The van der Waals surface area contributed by atoms with E-state index in [0.29, 0.717) is 36.7 Å². The molecule has 0 radical (unpaired) electrons.